The van der Waals surface area contributed by atoms with E-state index in [1.165, 1.54) is 0 Å². The first-order valence-corrected chi connectivity index (χ1v) is 12.0. The second-order valence-corrected chi connectivity index (χ2v) is 10.0. The van der Waals surface area contributed by atoms with Crippen LogP contribution in [0.3, 0.4) is 0 Å². The summed E-state index contributed by atoms with van der Waals surface area (Å²) in [6, 6.07) is -0.260. The molecular formula is C17H29N5O3S2. The molecule has 2 rings (SSSR count). The first kappa shape index (κ1) is 21.6. The van der Waals surface area contributed by atoms with Crippen molar-refractivity contribution in [2.24, 2.45) is 4.99 Å². The number of thiazole rings is 1. The molecule has 3 N–H and O–H groups in total. The third-order valence-electron chi connectivity index (χ3n) is 4.12. The van der Waals surface area contributed by atoms with Crippen LogP contribution in [0, 0.1) is 0 Å². The predicted octanol–water partition coefficient (Wildman–Crippen LogP) is 1.02. The second kappa shape index (κ2) is 10.0. The molecule has 0 spiro atoms. The molecule has 1 unspecified atom stereocenters. The van der Waals surface area contributed by atoms with Gasteiger partial charge in [0.15, 0.2) is 15.8 Å². The number of nitrogens with zero attached hydrogens (tertiary/aromatic N) is 2. The van der Waals surface area contributed by atoms with E-state index in [9.17, 15) is 13.2 Å². The third-order valence-corrected chi connectivity index (χ3v) is 6.74. The molecule has 2 heterocycles. The molecule has 1 saturated heterocycles. The molecule has 8 nitrogen and oxygen atoms in total. The van der Waals surface area contributed by atoms with Crippen LogP contribution < -0.4 is 16.0 Å². The molecule has 0 radical (unpaired) electrons. The van der Waals surface area contributed by atoms with Crippen LogP contribution in [0.15, 0.2) is 10.4 Å². The van der Waals surface area contributed by atoms with Crippen LogP contribution in [0.1, 0.15) is 50.2 Å². The maximum atomic E-state index is 12.0. The van der Waals surface area contributed by atoms with E-state index in [0.29, 0.717) is 37.9 Å². The van der Waals surface area contributed by atoms with Crippen LogP contribution >= 0.6 is 11.3 Å². The number of sulfone groups is 1. The lowest BCUT2D eigenvalue weighted by Crippen LogP contribution is -2.41. The fourth-order valence-electron chi connectivity index (χ4n) is 2.65. The number of nitrogens with one attached hydrogen (secondary N) is 3. The summed E-state index contributed by atoms with van der Waals surface area (Å²) >= 11 is 1.60. The van der Waals surface area contributed by atoms with E-state index in [4.69, 9.17) is 0 Å². The van der Waals surface area contributed by atoms with Crippen LogP contribution in [0.5, 0.6) is 0 Å². The number of amides is 1. The van der Waals surface area contributed by atoms with Gasteiger partial charge in [0.05, 0.1) is 23.7 Å². The first-order chi connectivity index (χ1) is 12.8. The normalized spacial score (nSPS) is 19.3. The average molecular weight is 416 g/mol. The molecule has 1 aliphatic heterocycles. The maximum absolute atomic E-state index is 12.0. The van der Waals surface area contributed by atoms with Gasteiger partial charge < -0.3 is 16.0 Å². The van der Waals surface area contributed by atoms with Crippen molar-refractivity contribution in [1.82, 2.24) is 20.9 Å². The summed E-state index contributed by atoms with van der Waals surface area (Å²) in [5.41, 5.74) is 1.08. The summed E-state index contributed by atoms with van der Waals surface area (Å²) in [5, 5.41) is 12.1. The summed E-state index contributed by atoms with van der Waals surface area (Å²) in [5.74, 6) is 1.08. The molecule has 27 heavy (non-hydrogen) atoms. The molecule has 1 fully saturated rings. The maximum Gasteiger partial charge on any atom is 0.222 e. The minimum Gasteiger partial charge on any atom is -0.357 e. The van der Waals surface area contributed by atoms with Crippen molar-refractivity contribution in [2.45, 2.75) is 52.1 Å². The zero-order valence-electron chi connectivity index (χ0n) is 16.1. The molecule has 1 aromatic rings. The fraction of sp³-hybridized carbons (Fsp3) is 0.706. The number of carbonyl (C=O) groups excluding carboxylic acids is 1. The average Bonchev–Trinajstić information content (AvgIpc) is 3.19. The van der Waals surface area contributed by atoms with Crippen molar-refractivity contribution in [2.75, 3.05) is 24.6 Å². The lowest BCUT2D eigenvalue weighted by atomic mass is 10.2. The number of hydrogen-bond donors (Lipinski definition) is 3. The van der Waals surface area contributed by atoms with Gasteiger partial charge in [-0.3, -0.25) is 4.79 Å². The van der Waals surface area contributed by atoms with Gasteiger partial charge in [-0.15, -0.1) is 11.3 Å². The first-order valence-electron chi connectivity index (χ1n) is 9.25. The number of guanidine groups is 1. The van der Waals surface area contributed by atoms with Crippen LogP contribution in [0.4, 0.5) is 0 Å². The molecule has 152 valence electrons. The van der Waals surface area contributed by atoms with Crippen molar-refractivity contribution in [3.05, 3.63) is 16.1 Å². The minimum atomic E-state index is -2.98. The van der Waals surface area contributed by atoms with E-state index in [0.717, 1.165) is 10.7 Å². The molecule has 0 aliphatic carbocycles. The molecule has 0 saturated carbocycles. The van der Waals surface area contributed by atoms with Crippen molar-refractivity contribution in [3.8, 4) is 0 Å². The zero-order chi connectivity index (χ0) is 19.9. The highest BCUT2D eigenvalue weighted by molar-refractivity contribution is 7.91. The summed E-state index contributed by atoms with van der Waals surface area (Å²) < 4.78 is 22.9. The van der Waals surface area contributed by atoms with Gasteiger partial charge in [-0.1, -0.05) is 13.8 Å². The smallest absolute Gasteiger partial charge is 0.222 e. The predicted molar refractivity (Wildman–Crippen MR) is 109 cm³/mol. The van der Waals surface area contributed by atoms with Gasteiger partial charge >= 0.3 is 0 Å². The van der Waals surface area contributed by atoms with Crippen LogP contribution in [-0.2, 0) is 21.2 Å². The summed E-state index contributed by atoms with van der Waals surface area (Å²) in [4.78, 5) is 21.0. The third kappa shape index (κ3) is 7.45. The van der Waals surface area contributed by atoms with E-state index in [1.54, 1.807) is 11.3 Å². The molecule has 1 aromatic heterocycles. The Morgan fingerprint density at radius 2 is 2.19 bits per heavy atom. The standard InChI is InChI=1S/C17H29N5O3S2/c1-4-18-17(20-9-16-22-14(10-26-16)12(2)3)19-7-5-15(23)21-13-6-8-27(24,25)11-13/h10,12-13H,4-9,11H2,1-3H3,(H,21,23)(H2,18,19,20). The van der Waals surface area contributed by atoms with Crippen molar-refractivity contribution >= 4 is 33.0 Å². The number of hydrogen-bond acceptors (Lipinski definition) is 6. The SMILES string of the molecule is CCNC(=NCc1nc(C(C)C)cs1)NCCC(=O)NC1CCS(=O)(=O)C1. The number of aliphatic imine (C=N–C) groups is 1. The Kier molecular flexibility index (Phi) is 8.03. The summed E-state index contributed by atoms with van der Waals surface area (Å²) in [6.45, 7) is 7.82. The Morgan fingerprint density at radius 1 is 1.41 bits per heavy atom. The molecule has 0 bridgehead atoms. The monoisotopic (exact) mass is 415 g/mol. The fourth-order valence-corrected chi connectivity index (χ4v) is 5.21. The van der Waals surface area contributed by atoms with Gasteiger partial charge in [0.25, 0.3) is 0 Å². The van der Waals surface area contributed by atoms with Gasteiger partial charge in [-0.2, -0.15) is 0 Å². The molecule has 10 heteroatoms. The number of carbonyl (C=O) groups is 1. The Labute approximate surface area is 165 Å². The highest BCUT2D eigenvalue weighted by Crippen LogP contribution is 2.18. The van der Waals surface area contributed by atoms with Crippen LogP contribution in [0.25, 0.3) is 0 Å². The number of rotatable bonds is 8. The largest absolute Gasteiger partial charge is 0.357 e. The van der Waals surface area contributed by atoms with E-state index in [-0.39, 0.29) is 29.9 Å². The quantitative estimate of drug-likeness (QED) is 0.432. The highest BCUT2D eigenvalue weighted by atomic mass is 32.2. The summed E-state index contributed by atoms with van der Waals surface area (Å²) in [6.07, 6.45) is 0.757. The summed E-state index contributed by atoms with van der Waals surface area (Å²) in [7, 11) is -2.98. The highest BCUT2D eigenvalue weighted by Gasteiger charge is 2.28. The van der Waals surface area contributed by atoms with Crippen molar-refractivity contribution < 1.29 is 13.2 Å². The van der Waals surface area contributed by atoms with E-state index < -0.39 is 9.84 Å². The molecule has 1 aliphatic rings. The van der Waals surface area contributed by atoms with E-state index >= 15 is 0 Å². The van der Waals surface area contributed by atoms with Gasteiger partial charge in [0, 0.05) is 30.9 Å². The molecule has 0 aromatic carbocycles. The topological polar surface area (TPSA) is 113 Å². The Morgan fingerprint density at radius 3 is 2.78 bits per heavy atom. The second-order valence-electron chi connectivity index (χ2n) is 6.86. The van der Waals surface area contributed by atoms with Gasteiger partial charge in [0.1, 0.15) is 5.01 Å². The van der Waals surface area contributed by atoms with Crippen LogP contribution in [0.2, 0.25) is 0 Å². The Bertz CT molecular complexity index is 758. The van der Waals surface area contributed by atoms with Crippen molar-refractivity contribution in [3.63, 3.8) is 0 Å². The van der Waals surface area contributed by atoms with Crippen molar-refractivity contribution in [1.29, 1.82) is 0 Å². The Balaban J connectivity index is 1.77. The molecule has 1 amide bonds. The van der Waals surface area contributed by atoms with E-state index in [1.807, 2.05) is 6.92 Å². The van der Waals surface area contributed by atoms with E-state index in [2.05, 4.69) is 45.2 Å². The zero-order valence-corrected chi connectivity index (χ0v) is 17.8. The van der Waals surface area contributed by atoms with Crippen LogP contribution in [-0.4, -0.2) is 55.9 Å². The Hall–Kier alpha value is -1.68. The molecule has 1 atom stereocenters. The van der Waals surface area contributed by atoms with Gasteiger partial charge in [-0.25, -0.2) is 18.4 Å². The molecular weight excluding hydrogens is 386 g/mol. The minimum absolute atomic E-state index is 0.0441. The lowest BCUT2D eigenvalue weighted by Gasteiger charge is -2.13. The lowest BCUT2D eigenvalue weighted by molar-refractivity contribution is -0.121. The van der Waals surface area contributed by atoms with Gasteiger partial charge in [0.2, 0.25) is 5.91 Å². The number of aromatic nitrogens is 1. The van der Waals surface area contributed by atoms with Gasteiger partial charge in [-0.05, 0) is 19.3 Å².